The van der Waals surface area contributed by atoms with Gasteiger partial charge in [-0.2, -0.15) is 0 Å². The van der Waals surface area contributed by atoms with Crippen LogP contribution in [0.3, 0.4) is 0 Å². The minimum Gasteiger partial charge on any atom is -0.494 e. The minimum atomic E-state index is -0.343. The van der Waals surface area contributed by atoms with Crippen molar-refractivity contribution in [3.63, 3.8) is 0 Å². The van der Waals surface area contributed by atoms with Gasteiger partial charge in [0.25, 0.3) is 0 Å². The SMILES string of the molecule is Oc1[nH]c(O)c(-c2cn3c4c(cccc24)CC(CCl)C3)c1-c1c[nH]c2cc(F)ccc12. The molecule has 4 N–H and O–H groups in total. The van der Waals surface area contributed by atoms with Crippen molar-refractivity contribution in [2.24, 2.45) is 5.92 Å². The van der Waals surface area contributed by atoms with Gasteiger partial charge in [0.05, 0.1) is 16.6 Å². The van der Waals surface area contributed by atoms with Crippen LogP contribution in [0.1, 0.15) is 5.56 Å². The molecule has 1 aliphatic rings. The number of rotatable bonds is 3. The molecule has 156 valence electrons. The Kier molecular flexibility index (Phi) is 3.89. The maximum absolute atomic E-state index is 13.7. The summed E-state index contributed by atoms with van der Waals surface area (Å²) >= 11 is 6.17. The molecule has 0 radical (unpaired) electrons. The number of nitrogens with one attached hydrogen (secondary N) is 2. The van der Waals surface area contributed by atoms with E-state index in [4.69, 9.17) is 11.6 Å². The van der Waals surface area contributed by atoms with Gasteiger partial charge < -0.3 is 19.8 Å². The Hall–Kier alpha value is -3.38. The summed E-state index contributed by atoms with van der Waals surface area (Å²) in [4.78, 5) is 5.74. The summed E-state index contributed by atoms with van der Waals surface area (Å²) in [5.41, 5.74) is 5.49. The van der Waals surface area contributed by atoms with Crippen LogP contribution in [0.25, 0.3) is 44.1 Å². The Bertz CT molecular complexity index is 1480. The molecule has 1 unspecified atom stereocenters. The molecular formula is C24H19ClFN3O2. The normalized spacial score (nSPS) is 15.9. The third-order valence-corrected chi connectivity index (χ3v) is 6.74. The number of benzene rings is 2. The van der Waals surface area contributed by atoms with E-state index in [1.807, 2.05) is 18.3 Å². The number of halogens is 2. The van der Waals surface area contributed by atoms with Crippen molar-refractivity contribution >= 4 is 33.4 Å². The molecule has 31 heavy (non-hydrogen) atoms. The lowest BCUT2D eigenvalue weighted by Gasteiger charge is -2.22. The smallest absolute Gasteiger partial charge is 0.200 e. The topological polar surface area (TPSA) is 77.0 Å². The molecule has 1 atom stereocenters. The molecule has 0 spiro atoms. The Balaban J connectivity index is 1.63. The van der Waals surface area contributed by atoms with Gasteiger partial charge in [-0.25, -0.2) is 4.39 Å². The maximum atomic E-state index is 13.7. The number of hydrogen-bond donors (Lipinski definition) is 4. The Morgan fingerprint density at radius 2 is 1.87 bits per heavy atom. The highest BCUT2D eigenvalue weighted by Crippen LogP contribution is 2.49. The largest absolute Gasteiger partial charge is 0.494 e. The molecule has 5 nitrogen and oxygen atoms in total. The van der Waals surface area contributed by atoms with Crippen molar-refractivity contribution in [3.8, 4) is 34.0 Å². The number of para-hydroxylation sites is 1. The number of alkyl halides is 1. The minimum absolute atomic E-state index is 0.110. The molecule has 6 rings (SSSR count). The van der Waals surface area contributed by atoms with Crippen molar-refractivity contribution in [2.45, 2.75) is 13.0 Å². The molecule has 0 saturated carbocycles. The van der Waals surface area contributed by atoms with Gasteiger partial charge in [-0.15, -0.1) is 11.6 Å². The van der Waals surface area contributed by atoms with E-state index < -0.39 is 0 Å². The van der Waals surface area contributed by atoms with Crippen molar-refractivity contribution in [1.82, 2.24) is 14.5 Å². The molecule has 3 aromatic heterocycles. The molecule has 0 saturated heterocycles. The number of nitrogens with zero attached hydrogens (tertiary/aromatic N) is 1. The van der Waals surface area contributed by atoms with E-state index >= 15 is 0 Å². The van der Waals surface area contributed by atoms with Gasteiger partial charge in [-0.3, -0.25) is 4.98 Å². The molecule has 0 aliphatic carbocycles. The summed E-state index contributed by atoms with van der Waals surface area (Å²) in [7, 11) is 0. The second kappa shape index (κ2) is 6.56. The monoisotopic (exact) mass is 435 g/mol. The van der Waals surface area contributed by atoms with Crippen molar-refractivity contribution in [2.75, 3.05) is 5.88 Å². The van der Waals surface area contributed by atoms with Crippen molar-refractivity contribution in [1.29, 1.82) is 0 Å². The highest BCUT2D eigenvalue weighted by atomic mass is 35.5. The van der Waals surface area contributed by atoms with Crippen LogP contribution in [0.5, 0.6) is 11.8 Å². The predicted molar refractivity (Wildman–Crippen MR) is 120 cm³/mol. The first-order chi connectivity index (χ1) is 15.0. The number of fused-ring (bicyclic) bond motifs is 1. The van der Waals surface area contributed by atoms with Crippen molar-refractivity contribution in [3.05, 3.63) is 60.2 Å². The molecule has 2 aromatic carbocycles. The number of aromatic hydroxyl groups is 2. The van der Waals surface area contributed by atoms with E-state index in [1.54, 1.807) is 12.3 Å². The first kappa shape index (κ1) is 18.4. The lowest BCUT2D eigenvalue weighted by Crippen LogP contribution is -2.19. The fraction of sp³-hybridized carbons (Fsp3) is 0.167. The number of H-pyrrole nitrogens is 2. The van der Waals surface area contributed by atoms with Gasteiger partial charge in [0.15, 0.2) is 11.8 Å². The number of hydrogen-bond acceptors (Lipinski definition) is 2. The average Bonchev–Trinajstić information content (AvgIpc) is 3.41. The maximum Gasteiger partial charge on any atom is 0.200 e. The Labute approximate surface area is 181 Å². The first-order valence-electron chi connectivity index (χ1n) is 10.1. The summed E-state index contributed by atoms with van der Waals surface area (Å²) in [5.74, 6) is 0.336. The highest BCUT2D eigenvalue weighted by Gasteiger charge is 2.28. The fourth-order valence-electron chi connectivity index (χ4n) is 5.01. The third kappa shape index (κ3) is 2.61. The van der Waals surface area contributed by atoms with E-state index in [0.29, 0.717) is 34.0 Å². The summed E-state index contributed by atoms with van der Waals surface area (Å²) in [6, 6.07) is 10.6. The highest BCUT2D eigenvalue weighted by molar-refractivity contribution is 6.18. The average molecular weight is 436 g/mol. The summed E-state index contributed by atoms with van der Waals surface area (Å²) in [6.07, 6.45) is 4.66. The van der Waals surface area contributed by atoms with E-state index in [-0.39, 0.29) is 17.6 Å². The zero-order valence-corrected chi connectivity index (χ0v) is 17.2. The van der Waals surface area contributed by atoms with Gasteiger partial charge >= 0.3 is 0 Å². The van der Waals surface area contributed by atoms with Crippen LogP contribution >= 0.6 is 11.6 Å². The Morgan fingerprint density at radius 3 is 2.68 bits per heavy atom. The van der Waals surface area contributed by atoms with Crippen LogP contribution in [0.15, 0.2) is 48.8 Å². The number of aromatic amines is 2. The van der Waals surface area contributed by atoms with Gasteiger partial charge in [-0.1, -0.05) is 18.2 Å². The van der Waals surface area contributed by atoms with Crippen LogP contribution in [-0.4, -0.2) is 30.6 Å². The standard InChI is InChI=1S/C24H19ClFN3O2/c25-8-12-6-13-2-1-3-16-18(11-29(10-12)22(13)16)21-20(23(30)28-24(21)31)17-9-27-19-7-14(26)4-5-15(17)19/h1-5,7,9,11-12,27-28,30-31H,6,8,10H2. The van der Waals surface area contributed by atoms with Crippen LogP contribution in [0.4, 0.5) is 4.39 Å². The van der Waals surface area contributed by atoms with E-state index in [9.17, 15) is 14.6 Å². The molecule has 0 fully saturated rings. The Morgan fingerprint density at radius 1 is 1.06 bits per heavy atom. The van der Waals surface area contributed by atoms with Gasteiger partial charge in [0, 0.05) is 52.2 Å². The quantitative estimate of drug-likeness (QED) is 0.272. The lowest BCUT2D eigenvalue weighted by molar-refractivity contribution is 0.426. The molecule has 5 aromatic rings. The molecule has 7 heteroatoms. The molecule has 1 aliphatic heterocycles. The van der Waals surface area contributed by atoms with E-state index in [0.717, 1.165) is 34.8 Å². The van der Waals surface area contributed by atoms with Gasteiger partial charge in [0.2, 0.25) is 0 Å². The van der Waals surface area contributed by atoms with Crippen LogP contribution in [0, 0.1) is 11.7 Å². The third-order valence-electron chi connectivity index (χ3n) is 6.31. The molecule has 4 heterocycles. The zero-order valence-electron chi connectivity index (χ0n) is 16.4. The second-order valence-corrected chi connectivity index (χ2v) is 8.51. The predicted octanol–water partition coefficient (Wildman–Crippen LogP) is 5.75. The number of aromatic nitrogens is 3. The van der Waals surface area contributed by atoms with E-state index in [2.05, 4.69) is 20.6 Å². The van der Waals surface area contributed by atoms with Crippen LogP contribution in [-0.2, 0) is 13.0 Å². The molecular weight excluding hydrogens is 417 g/mol. The lowest BCUT2D eigenvalue weighted by atomic mass is 9.94. The fourth-order valence-corrected chi connectivity index (χ4v) is 5.21. The summed E-state index contributed by atoms with van der Waals surface area (Å²) < 4.78 is 15.9. The summed E-state index contributed by atoms with van der Waals surface area (Å²) in [6.45, 7) is 0.801. The second-order valence-electron chi connectivity index (χ2n) is 8.20. The summed E-state index contributed by atoms with van der Waals surface area (Å²) in [5, 5.41) is 23.3. The zero-order chi connectivity index (χ0) is 21.3. The van der Waals surface area contributed by atoms with Crippen molar-refractivity contribution < 1.29 is 14.6 Å². The van der Waals surface area contributed by atoms with Crippen LogP contribution in [0.2, 0.25) is 0 Å². The molecule has 0 amide bonds. The van der Waals surface area contributed by atoms with E-state index in [1.165, 1.54) is 17.7 Å². The van der Waals surface area contributed by atoms with Gasteiger partial charge in [-0.05, 0) is 36.1 Å². The first-order valence-corrected chi connectivity index (χ1v) is 10.7. The molecule has 0 bridgehead atoms. The van der Waals surface area contributed by atoms with Gasteiger partial charge in [0.1, 0.15) is 5.82 Å². The van der Waals surface area contributed by atoms with Crippen LogP contribution < -0.4 is 0 Å².